The van der Waals surface area contributed by atoms with Crippen molar-refractivity contribution >= 4 is 34.1 Å². The molecule has 5 heteroatoms. The second-order valence-electron chi connectivity index (χ2n) is 4.66. The minimum atomic E-state index is 0.352. The quantitative estimate of drug-likeness (QED) is 0.666. The van der Waals surface area contributed by atoms with Crippen LogP contribution in [0.1, 0.15) is 19.4 Å². The van der Waals surface area contributed by atoms with Crippen molar-refractivity contribution in [3.8, 4) is 0 Å². The number of anilines is 2. The smallest absolute Gasteiger partial charge is 0.145 e. The molecule has 1 aromatic carbocycles. The zero-order valence-electron chi connectivity index (χ0n) is 11.0. The molecule has 0 saturated carbocycles. The average molecular weight is 368 g/mol. The van der Waals surface area contributed by atoms with Crippen molar-refractivity contribution in [3.63, 3.8) is 0 Å². The van der Waals surface area contributed by atoms with Crippen LogP contribution < -0.4 is 10.6 Å². The molecule has 4 nitrogen and oxygen atoms in total. The third kappa shape index (κ3) is 3.56. The molecule has 0 aliphatic carbocycles. The maximum atomic E-state index is 5.83. The highest BCUT2D eigenvalue weighted by Gasteiger charge is 2.15. The molecule has 19 heavy (non-hydrogen) atoms. The molecule has 0 aliphatic rings. The highest BCUT2D eigenvalue weighted by atomic mass is 127. The topological polar surface area (TPSA) is 55.0 Å². The van der Waals surface area contributed by atoms with Crippen LogP contribution >= 0.6 is 22.6 Å². The van der Waals surface area contributed by atoms with Gasteiger partial charge < -0.3 is 10.6 Å². The van der Waals surface area contributed by atoms with E-state index < -0.39 is 0 Å². The number of hydrogen-bond acceptors (Lipinski definition) is 4. The largest absolute Gasteiger partial charge is 0.399 e. The van der Waals surface area contributed by atoms with E-state index in [2.05, 4.69) is 57.4 Å². The Morgan fingerprint density at radius 3 is 2.79 bits per heavy atom. The summed E-state index contributed by atoms with van der Waals surface area (Å²) in [4.78, 5) is 10.7. The molecule has 0 fully saturated rings. The fourth-order valence-electron chi connectivity index (χ4n) is 1.91. The van der Waals surface area contributed by atoms with Gasteiger partial charge in [-0.25, -0.2) is 9.97 Å². The second kappa shape index (κ2) is 6.18. The predicted molar refractivity (Wildman–Crippen MR) is 86.9 cm³/mol. The molecule has 1 heterocycles. The minimum absolute atomic E-state index is 0.352. The van der Waals surface area contributed by atoms with Crippen molar-refractivity contribution in [2.45, 2.75) is 26.4 Å². The Hall–Kier alpha value is -1.37. The van der Waals surface area contributed by atoms with Crippen LogP contribution in [0.25, 0.3) is 0 Å². The van der Waals surface area contributed by atoms with Crippen LogP contribution in [-0.4, -0.2) is 16.0 Å². The van der Waals surface area contributed by atoms with E-state index >= 15 is 0 Å². The van der Waals surface area contributed by atoms with Crippen molar-refractivity contribution in [1.82, 2.24) is 9.97 Å². The van der Waals surface area contributed by atoms with Gasteiger partial charge in [-0.2, -0.15) is 0 Å². The van der Waals surface area contributed by atoms with Crippen molar-refractivity contribution in [3.05, 3.63) is 45.9 Å². The summed E-state index contributed by atoms with van der Waals surface area (Å²) < 4.78 is 1.05. The summed E-state index contributed by atoms with van der Waals surface area (Å²) in [5.41, 5.74) is 7.81. The van der Waals surface area contributed by atoms with Gasteiger partial charge in [-0.1, -0.05) is 12.1 Å². The zero-order valence-corrected chi connectivity index (χ0v) is 13.2. The van der Waals surface area contributed by atoms with Gasteiger partial charge in [0, 0.05) is 24.5 Å². The molecular formula is C14H17IN4. The number of benzene rings is 1. The Morgan fingerprint density at radius 2 is 2.16 bits per heavy atom. The summed E-state index contributed by atoms with van der Waals surface area (Å²) in [6, 6.07) is 8.32. The van der Waals surface area contributed by atoms with E-state index in [1.165, 1.54) is 5.56 Å². The van der Waals surface area contributed by atoms with E-state index in [0.29, 0.717) is 6.04 Å². The Morgan fingerprint density at radius 1 is 1.37 bits per heavy atom. The summed E-state index contributed by atoms with van der Waals surface area (Å²) in [7, 11) is 0. The Bertz CT molecular complexity index is 557. The minimum Gasteiger partial charge on any atom is -0.399 e. The lowest BCUT2D eigenvalue weighted by Gasteiger charge is -2.28. The molecule has 0 saturated heterocycles. The van der Waals surface area contributed by atoms with Gasteiger partial charge in [-0.3, -0.25) is 0 Å². The monoisotopic (exact) mass is 368 g/mol. The number of nitrogen functional groups attached to an aromatic ring is 1. The van der Waals surface area contributed by atoms with Gasteiger partial charge in [0.15, 0.2) is 0 Å². The summed E-state index contributed by atoms with van der Waals surface area (Å²) >= 11 is 2.27. The van der Waals surface area contributed by atoms with E-state index in [4.69, 9.17) is 5.73 Å². The highest BCUT2D eigenvalue weighted by Crippen LogP contribution is 2.23. The number of aromatic nitrogens is 2. The van der Waals surface area contributed by atoms with E-state index in [1.54, 1.807) is 6.33 Å². The van der Waals surface area contributed by atoms with Gasteiger partial charge in [-0.05, 0) is 54.1 Å². The summed E-state index contributed by atoms with van der Waals surface area (Å²) in [5, 5.41) is 0. The Balaban J connectivity index is 2.29. The molecule has 0 bridgehead atoms. The third-order valence-corrected chi connectivity index (χ3v) is 3.61. The lowest BCUT2D eigenvalue weighted by molar-refractivity contribution is 0.669. The van der Waals surface area contributed by atoms with Crippen LogP contribution in [0.2, 0.25) is 0 Å². The first-order valence-electron chi connectivity index (χ1n) is 6.14. The van der Waals surface area contributed by atoms with Gasteiger partial charge in [0.25, 0.3) is 0 Å². The fraction of sp³-hybridized carbons (Fsp3) is 0.286. The van der Waals surface area contributed by atoms with E-state index in [9.17, 15) is 0 Å². The van der Waals surface area contributed by atoms with Crippen molar-refractivity contribution < 1.29 is 0 Å². The molecule has 2 aromatic rings. The Kier molecular flexibility index (Phi) is 4.57. The van der Waals surface area contributed by atoms with Crippen LogP contribution in [-0.2, 0) is 6.54 Å². The highest BCUT2D eigenvalue weighted by molar-refractivity contribution is 14.1. The molecule has 0 radical (unpaired) electrons. The van der Waals surface area contributed by atoms with Crippen LogP contribution in [0.5, 0.6) is 0 Å². The van der Waals surface area contributed by atoms with Crippen LogP contribution in [0, 0.1) is 3.57 Å². The number of halogens is 1. The number of rotatable bonds is 4. The summed E-state index contributed by atoms with van der Waals surface area (Å²) in [5.74, 6) is 0.966. The third-order valence-electron chi connectivity index (χ3n) is 2.85. The number of nitrogens with two attached hydrogens (primary N) is 1. The fourth-order valence-corrected chi connectivity index (χ4v) is 2.52. The van der Waals surface area contributed by atoms with Crippen LogP contribution in [0.3, 0.4) is 0 Å². The van der Waals surface area contributed by atoms with Crippen molar-refractivity contribution in [2.75, 3.05) is 10.6 Å². The molecule has 0 spiro atoms. The van der Waals surface area contributed by atoms with Crippen LogP contribution in [0.15, 0.2) is 36.8 Å². The summed E-state index contributed by atoms with van der Waals surface area (Å²) in [6.07, 6.45) is 3.42. The van der Waals surface area contributed by atoms with Gasteiger partial charge >= 0.3 is 0 Å². The Labute approximate surface area is 127 Å². The zero-order chi connectivity index (χ0) is 13.8. The molecule has 0 atom stereocenters. The molecule has 100 valence electrons. The predicted octanol–water partition coefficient (Wildman–Crippen LogP) is 3.08. The van der Waals surface area contributed by atoms with Gasteiger partial charge in [-0.15, -0.1) is 0 Å². The first kappa shape index (κ1) is 14.0. The van der Waals surface area contributed by atoms with E-state index in [-0.39, 0.29) is 0 Å². The van der Waals surface area contributed by atoms with Gasteiger partial charge in [0.05, 0.1) is 3.57 Å². The van der Waals surface area contributed by atoms with Crippen molar-refractivity contribution in [2.24, 2.45) is 0 Å². The second-order valence-corrected chi connectivity index (χ2v) is 5.82. The number of hydrogen-bond donors (Lipinski definition) is 1. The molecule has 0 amide bonds. The van der Waals surface area contributed by atoms with Gasteiger partial charge in [0.2, 0.25) is 0 Å². The van der Waals surface area contributed by atoms with Crippen LogP contribution in [0.4, 0.5) is 11.5 Å². The number of nitrogens with zero attached hydrogens (tertiary/aromatic N) is 3. The average Bonchev–Trinajstić information content (AvgIpc) is 2.37. The maximum Gasteiger partial charge on any atom is 0.145 e. The lowest BCUT2D eigenvalue weighted by Crippen LogP contribution is -2.31. The normalized spacial score (nSPS) is 10.7. The standard InChI is InChI=1S/C14H17IN4/c1-10(2)19(14-13(15)7-17-9-18-14)8-11-4-3-5-12(16)6-11/h3-7,9-10H,8,16H2,1-2H3. The molecule has 0 unspecified atom stereocenters. The van der Waals surface area contributed by atoms with E-state index in [1.807, 2.05) is 24.4 Å². The molecule has 2 N–H and O–H groups in total. The van der Waals surface area contributed by atoms with Gasteiger partial charge in [0.1, 0.15) is 12.1 Å². The molecule has 0 aliphatic heterocycles. The lowest BCUT2D eigenvalue weighted by atomic mass is 10.1. The molecule has 1 aromatic heterocycles. The van der Waals surface area contributed by atoms with Crippen molar-refractivity contribution in [1.29, 1.82) is 0 Å². The first-order valence-corrected chi connectivity index (χ1v) is 7.22. The summed E-state index contributed by atoms with van der Waals surface area (Å²) in [6.45, 7) is 5.10. The maximum absolute atomic E-state index is 5.83. The SMILES string of the molecule is CC(C)N(Cc1cccc(N)c1)c1ncncc1I. The molecule has 2 rings (SSSR count). The molecular weight excluding hydrogens is 351 g/mol. The first-order chi connectivity index (χ1) is 9.08. The van der Waals surface area contributed by atoms with E-state index in [0.717, 1.165) is 21.6 Å².